The Morgan fingerprint density at radius 3 is 2.64 bits per heavy atom. The molecule has 7 heteroatoms. The van der Waals surface area contributed by atoms with Crippen molar-refractivity contribution in [1.29, 1.82) is 0 Å². The fraction of sp³-hybridized carbons (Fsp3) is 0.286. The van der Waals surface area contributed by atoms with Crippen LogP contribution in [0.4, 0.5) is 0 Å². The van der Waals surface area contributed by atoms with E-state index < -0.39 is 0 Å². The Bertz CT molecular complexity index is 864. The minimum Gasteiger partial charge on any atom is -0.484 e. The molecule has 0 saturated carbocycles. The van der Waals surface area contributed by atoms with Gasteiger partial charge in [-0.3, -0.25) is 9.59 Å². The van der Waals surface area contributed by atoms with Crippen LogP contribution in [0.2, 0.25) is 0 Å². The maximum Gasteiger partial charge on any atom is 0.257 e. The van der Waals surface area contributed by atoms with Crippen LogP contribution in [0, 0.1) is 13.8 Å². The van der Waals surface area contributed by atoms with Crippen LogP contribution < -0.4 is 20.1 Å². The standard InChI is InChI=1S/C21H25N3O4/c1-14-5-6-18(11-15(14)2)28-13-19(25)22-9-7-16(3)24-21(26)17-8-10-23-20(12-17)27-4/h5-6,8,10-12H,3,7,9,13H2,1-2,4H3,(H,22,25)(H,24,26). The molecule has 0 aliphatic heterocycles. The van der Waals surface area contributed by atoms with Gasteiger partial charge >= 0.3 is 0 Å². The third kappa shape index (κ3) is 6.42. The zero-order valence-corrected chi connectivity index (χ0v) is 16.4. The highest BCUT2D eigenvalue weighted by molar-refractivity contribution is 5.95. The molecule has 2 N–H and O–H groups in total. The van der Waals surface area contributed by atoms with Crippen molar-refractivity contribution < 1.29 is 19.1 Å². The Balaban J connectivity index is 1.70. The van der Waals surface area contributed by atoms with Crippen LogP contribution in [0.5, 0.6) is 11.6 Å². The smallest absolute Gasteiger partial charge is 0.257 e. The molecule has 148 valence electrons. The number of aryl methyl sites for hydroxylation is 2. The lowest BCUT2D eigenvalue weighted by molar-refractivity contribution is -0.123. The Labute approximate surface area is 164 Å². The van der Waals surface area contributed by atoms with E-state index >= 15 is 0 Å². The van der Waals surface area contributed by atoms with Gasteiger partial charge in [0.15, 0.2) is 6.61 Å². The fourth-order valence-electron chi connectivity index (χ4n) is 2.31. The monoisotopic (exact) mass is 383 g/mol. The van der Waals surface area contributed by atoms with Gasteiger partial charge in [-0.25, -0.2) is 4.98 Å². The van der Waals surface area contributed by atoms with E-state index in [-0.39, 0.29) is 18.4 Å². The number of carbonyl (C=O) groups excluding carboxylic acids is 2. The zero-order valence-electron chi connectivity index (χ0n) is 16.4. The second-order valence-electron chi connectivity index (χ2n) is 6.28. The minimum atomic E-state index is -0.310. The Hall–Kier alpha value is -3.35. The summed E-state index contributed by atoms with van der Waals surface area (Å²) in [5, 5.41) is 5.43. The van der Waals surface area contributed by atoms with E-state index in [1.54, 1.807) is 6.07 Å². The molecule has 0 fully saturated rings. The summed E-state index contributed by atoms with van der Waals surface area (Å²) in [6.45, 7) is 8.09. The molecule has 0 aliphatic carbocycles. The van der Waals surface area contributed by atoms with Gasteiger partial charge in [0.25, 0.3) is 11.8 Å². The number of hydrogen-bond acceptors (Lipinski definition) is 5. The summed E-state index contributed by atoms with van der Waals surface area (Å²) < 4.78 is 10.5. The van der Waals surface area contributed by atoms with Crippen molar-refractivity contribution in [2.24, 2.45) is 0 Å². The average molecular weight is 383 g/mol. The molecule has 0 spiro atoms. The van der Waals surface area contributed by atoms with Gasteiger partial charge in [-0.05, 0) is 43.2 Å². The van der Waals surface area contributed by atoms with E-state index in [9.17, 15) is 9.59 Å². The maximum absolute atomic E-state index is 12.2. The molecule has 1 aromatic carbocycles. The summed E-state index contributed by atoms with van der Waals surface area (Å²) in [4.78, 5) is 28.0. The number of rotatable bonds is 9. The number of amides is 2. The predicted molar refractivity (Wildman–Crippen MR) is 106 cm³/mol. The van der Waals surface area contributed by atoms with E-state index in [0.717, 1.165) is 5.56 Å². The first-order valence-electron chi connectivity index (χ1n) is 8.85. The van der Waals surface area contributed by atoms with Gasteiger partial charge in [0, 0.05) is 36.5 Å². The molecule has 2 aromatic rings. The SMILES string of the molecule is C=C(CCNC(=O)COc1ccc(C)c(C)c1)NC(=O)c1ccnc(OC)c1. The summed E-state index contributed by atoms with van der Waals surface area (Å²) in [5.41, 5.74) is 3.19. The summed E-state index contributed by atoms with van der Waals surface area (Å²) in [7, 11) is 1.48. The van der Waals surface area contributed by atoms with E-state index in [2.05, 4.69) is 22.2 Å². The van der Waals surface area contributed by atoms with Gasteiger partial charge in [-0.15, -0.1) is 0 Å². The molecular weight excluding hydrogens is 358 g/mol. The first-order valence-corrected chi connectivity index (χ1v) is 8.85. The molecular formula is C21H25N3O4. The van der Waals surface area contributed by atoms with E-state index in [0.29, 0.717) is 35.9 Å². The number of aromatic nitrogens is 1. The lowest BCUT2D eigenvalue weighted by Gasteiger charge is -2.11. The number of methoxy groups -OCH3 is 1. The Kier molecular flexibility index (Phi) is 7.56. The van der Waals surface area contributed by atoms with Crippen LogP contribution in [0.3, 0.4) is 0 Å². The summed E-state index contributed by atoms with van der Waals surface area (Å²) >= 11 is 0. The largest absolute Gasteiger partial charge is 0.484 e. The zero-order chi connectivity index (χ0) is 20.5. The third-order valence-corrected chi connectivity index (χ3v) is 4.09. The van der Waals surface area contributed by atoms with Crippen molar-refractivity contribution >= 4 is 11.8 Å². The Morgan fingerprint density at radius 1 is 1.14 bits per heavy atom. The summed E-state index contributed by atoms with van der Waals surface area (Å²) in [6.07, 6.45) is 1.90. The van der Waals surface area contributed by atoms with Crippen LogP contribution in [0.1, 0.15) is 27.9 Å². The molecule has 0 aliphatic rings. The number of nitrogens with one attached hydrogen (secondary N) is 2. The third-order valence-electron chi connectivity index (χ3n) is 4.09. The molecule has 2 amide bonds. The maximum atomic E-state index is 12.2. The second kappa shape index (κ2) is 10.1. The molecule has 1 aromatic heterocycles. The van der Waals surface area contributed by atoms with Gasteiger partial charge in [0.1, 0.15) is 5.75 Å². The van der Waals surface area contributed by atoms with Gasteiger partial charge in [0.05, 0.1) is 7.11 Å². The van der Waals surface area contributed by atoms with Crippen molar-refractivity contribution in [2.45, 2.75) is 20.3 Å². The lowest BCUT2D eigenvalue weighted by Crippen LogP contribution is -2.31. The van der Waals surface area contributed by atoms with E-state index in [1.807, 2.05) is 32.0 Å². The first-order chi connectivity index (χ1) is 13.4. The highest BCUT2D eigenvalue weighted by atomic mass is 16.5. The fourth-order valence-corrected chi connectivity index (χ4v) is 2.31. The second-order valence-corrected chi connectivity index (χ2v) is 6.28. The lowest BCUT2D eigenvalue weighted by atomic mass is 10.1. The minimum absolute atomic E-state index is 0.0713. The Morgan fingerprint density at radius 2 is 1.93 bits per heavy atom. The molecule has 0 radical (unpaired) electrons. The molecule has 0 atom stereocenters. The molecule has 0 unspecified atom stereocenters. The highest BCUT2D eigenvalue weighted by Crippen LogP contribution is 2.16. The van der Waals surface area contributed by atoms with Crippen molar-refractivity contribution in [1.82, 2.24) is 15.6 Å². The molecule has 28 heavy (non-hydrogen) atoms. The van der Waals surface area contributed by atoms with Crippen molar-refractivity contribution in [3.05, 3.63) is 65.5 Å². The number of pyridine rings is 1. The van der Waals surface area contributed by atoms with Crippen LogP contribution >= 0.6 is 0 Å². The molecule has 0 saturated heterocycles. The summed E-state index contributed by atoms with van der Waals surface area (Å²) in [6, 6.07) is 8.80. The van der Waals surface area contributed by atoms with Crippen LogP contribution in [0.15, 0.2) is 48.8 Å². The topological polar surface area (TPSA) is 89.6 Å². The van der Waals surface area contributed by atoms with E-state index in [4.69, 9.17) is 9.47 Å². The first kappa shape index (κ1) is 21.0. The van der Waals surface area contributed by atoms with Gasteiger partial charge in [-0.1, -0.05) is 12.6 Å². The normalized spacial score (nSPS) is 10.1. The van der Waals surface area contributed by atoms with Crippen LogP contribution in [0.25, 0.3) is 0 Å². The molecule has 1 heterocycles. The molecule has 0 bridgehead atoms. The quantitative estimate of drug-likeness (QED) is 0.695. The van der Waals surface area contributed by atoms with Crippen LogP contribution in [-0.2, 0) is 4.79 Å². The number of carbonyl (C=O) groups is 2. The number of ether oxygens (including phenoxy) is 2. The van der Waals surface area contributed by atoms with E-state index in [1.165, 1.54) is 24.9 Å². The number of nitrogens with zero attached hydrogens (tertiary/aromatic N) is 1. The van der Waals surface area contributed by atoms with Crippen LogP contribution in [-0.4, -0.2) is 37.1 Å². The van der Waals surface area contributed by atoms with Gasteiger partial charge in [-0.2, -0.15) is 0 Å². The molecule has 2 rings (SSSR count). The number of hydrogen-bond donors (Lipinski definition) is 2. The molecule has 7 nitrogen and oxygen atoms in total. The summed E-state index contributed by atoms with van der Waals surface area (Å²) in [5.74, 6) is 0.461. The average Bonchev–Trinajstić information content (AvgIpc) is 2.68. The van der Waals surface area contributed by atoms with Gasteiger partial charge in [0.2, 0.25) is 5.88 Å². The number of benzene rings is 1. The highest BCUT2D eigenvalue weighted by Gasteiger charge is 2.09. The predicted octanol–water partition coefficient (Wildman–Crippen LogP) is 2.54. The van der Waals surface area contributed by atoms with Crippen molar-refractivity contribution in [3.8, 4) is 11.6 Å². The van der Waals surface area contributed by atoms with Gasteiger partial charge < -0.3 is 20.1 Å². The van der Waals surface area contributed by atoms with Crippen molar-refractivity contribution in [3.63, 3.8) is 0 Å². The van der Waals surface area contributed by atoms with Crippen molar-refractivity contribution in [2.75, 3.05) is 20.3 Å².